The van der Waals surface area contributed by atoms with Crippen LogP contribution in [0.1, 0.15) is 44.7 Å². The van der Waals surface area contributed by atoms with E-state index in [1.807, 2.05) is 11.8 Å². The summed E-state index contributed by atoms with van der Waals surface area (Å²) in [5.74, 6) is 4.09. The zero-order chi connectivity index (χ0) is 21.9. The quantitative estimate of drug-likeness (QED) is 0.530. The monoisotopic (exact) mass is 469 g/mol. The van der Waals surface area contributed by atoms with Crippen LogP contribution < -0.4 is 9.80 Å². The predicted molar refractivity (Wildman–Crippen MR) is 135 cm³/mol. The SMILES string of the molecule is CC1CCN(c2ncnc3c2sc2nc(N4CCOCC4)c4c(c23)CC(C)(C)SC4)CC1. The molecule has 0 aromatic carbocycles. The van der Waals surface area contributed by atoms with Gasteiger partial charge in [0.25, 0.3) is 0 Å². The van der Waals surface area contributed by atoms with E-state index in [1.54, 1.807) is 17.7 Å². The number of nitrogens with zero attached hydrogens (tertiary/aromatic N) is 5. The second-order valence-electron chi connectivity index (χ2n) is 10.0. The average molecular weight is 470 g/mol. The number of hydrogen-bond acceptors (Lipinski definition) is 8. The first-order valence-electron chi connectivity index (χ1n) is 11.8. The number of ether oxygens (including phenoxy) is 1. The third-order valence-electron chi connectivity index (χ3n) is 7.18. The molecule has 3 aromatic heterocycles. The molecule has 0 atom stereocenters. The summed E-state index contributed by atoms with van der Waals surface area (Å²) in [5.41, 5.74) is 3.98. The van der Waals surface area contributed by atoms with Crippen LogP contribution in [0.5, 0.6) is 0 Å². The summed E-state index contributed by atoms with van der Waals surface area (Å²) in [4.78, 5) is 20.9. The molecule has 8 heteroatoms. The minimum atomic E-state index is 0.219. The lowest BCUT2D eigenvalue weighted by molar-refractivity contribution is 0.122. The first-order valence-corrected chi connectivity index (χ1v) is 13.6. The van der Waals surface area contributed by atoms with E-state index < -0.39 is 0 Å². The summed E-state index contributed by atoms with van der Waals surface area (Å²) in [6, 6.07) is 0. The van der Waals surface area contributed by atoms with Gasteiger partial charge in [-0.05, 0) is 30.7 Å². The summed E-state index contributed by atoms with van der Waals surface area (Å²) >= 11 is 3.84. The lowest BCUT2D eigenvalue weighted by Gasteiger charge is -2.35. The van der Waals surface area contributed by atoms with Crippen LogP contribution in [0.3, 0.4) is 0 Å². The molecular weight excluding hydrogens is 438 g/mol. The van der Waals surface area contributed by atoms with Gasteiger partial charge in [0.2, 0.25) is 0 Å². The van der Waals surface area contributed by atoms with Gasteiger partial charge < -0.3 is 14.5 Å². The van der Waals surface area contributed by atoms with E-state index in [1.165, 1.54) is 39.9 Å². The molecule has 0 spiro atoms. The Bertz CT molecular complexity index is 1160. The van der Waals surface area contributed by atoms with Crippen molar-refractivity contribution in [3.63, 3.8) is 0 Å². The van der Waals surface area contributed by atoms with Crippen LogP contribution in [0.2, 0.25) is 0 Å². The summed E-state index contributed by atoms with van der Waals surface area (Å²) in [7, 11) is 0. The number of rotatable bonds is 2. The molecule has 32 heavy (non-hydrogen) atoms. The van der Waals surface area contributed by atoms with Crippen molar-refractivity contribution in [1.29, 1.82) is 0 Å². The maximum Gasteiger partial charge on any atom is 0.150 e. The summed E-state index contributed by atoms with van der Waals surface area (Å²) < 4.78 is 7.06. The Morgan fingerprint density at radius 1 is 1.00 bits per heavy atom. The first-order chi connectivity index (χ1) is 15.5. The number of hydrogen-bond donors (Lipinski definition) is 0. The largest absolute Gasteiger partial charge is 0.378 e. The minimum Gasteiger partial charge on any atom is -0.378 e. The molecule has 0 aliphatic carbocycles. The average Bonchev–Trinajstić information content (AvgIpc) is 3.18. The molecule has 3 aliphatic rings. The number of thioether (sulfide) groups is 1. The van der Waals surface area contributed by atoms with Crippen molar-refractivity contribution in [2.24, 2.45) is 5.92 Å². The Kier molecular flexibility index (Phi) is 5.23. The molecule has 0 N–H and O–H groups in total. The van der Waals surface area contributed by atoms with Crippen molar-refractivity contribution in [3.05, 3.63) is 17.5 Å². The number of pyridine rings is 1. The van der Waals surface area contributed by atoms with Gasteiger partial charge in [0.15, 0.2) is 0 Å². The smallest absolute Gasteiger partial charge is 0.150 e. The Morgan fingerprint density at radius 2 is 1.75 bits per heavy atom. The van der Waals surface area contributed by atoms with E-state index in [-0.39, 0.29) is 4.75 Å². The van der Waals surface area contributed by atoms with Crippen molar-refractivity contribution >= 4 is 55.2 Å². The summed E-state index contributed by atoms with van der Waals surface area (Å²) in [6.07, 6.45) is 5.29. The predicted octanol–water partition coefficient (Wildman–Crippen LogP) is 4.88. The van der Waals surface area contributed by atoms with Gasteiger partial charge in [-0.3, -0.25) is 0 Å². The van der Waals surface area contributed by atoms with Crippen LogP contribution in [-0.2, 0) is 16.9 Å². The molecule has 0 unspecified atom stereocenters. The molecule has 0 saturated carbocycles. The fraction of sp³-hybridized carbons (Fsp3) is 0.625. The normalized spacial score (nSPS) is 22.0. The number of thiophene rings is 1. The molecule has 6 heterocycles. The zero-order valence-corrected chi connectivity index (χ0v) is 20.8. The molecule has 3 aromatic rings. The van der Waals surface area contributed by atoms with Crippen LogP contribution in [0.15, 0.2) is 6.33 Å². The third kappa shape index (κ3) is 3.55. The number of fused-ring (bicyclic) bond motifs is 5. The molecule has 2 fully saturated rings. The van der Waals surface area contributed by atoms with Gasteiger partial charge in [-0.2, -0.15) is 11.8 Å². The second kappa shape index (κ2) is 7.99. The van der Waals surface area contributed by atoms with E-state index >= 15 is 0 Å². The highest BCUT2D eigenvalue weighted by molar-refractivity contribution is 7.99. The summed E-state index contributed by atoms with van der Waals surface area (Å²) in [6.45, 7) is 12.6. The minimum absolute atomic E-state index is 0.219. The van der Waals surface area contributed by atoms with Crippen molar-refractivity contribution in [2.45, 2.75) is 50.5 Å². The fourth-order valence-corrected chi connectivity index (χ4v) is 7.52. The number of morpholine rings is 1. The number of anilines is 2. The van der Waals surface area contributed by atoms with Gasteiger partial charge in [0.1, 0.15) is 22.8 Å². The van der Waals surface area contributed by atoms with Gasteiger partial charge in [-0.1, -0.05) is 20.8 Å². The molecule has 6 rings (SSSR count). The topological polar surface area (TPSA) is 54.4 Å². The molecule has 170 valence electrons. The maximum absolute atomic E-state index is 5.63. The molecular formula is C24H31N5OS2. The van der Waals surface area contributed by atoms with Crippen molar-refractivity contribution in [3.8, 4) is 0 Å². The van der Waals surface area contributed by atoms with Crippen LogP contribution >= 0.6 is 23.1 Å². The Labute approximate surface area is 197 Å². The highest BCUT2D eigenvalue weighted by Crippen LogP contribution is 2.48. The van der Waals surface area contributed by atoms with E-state index in [0.29, 0.717) is 0 Å². The van der Waals surface area contributed by atoms with Crippen molar-refractivity contribution in [1.82, 2.24) is 15.0 Å². The molecule has 2 saturated heterocycles. The number of piperidine rings is 1. The van der Waals surface area contributed by atoms with E-state index in [9.17, 15) is 0 Å². The van der Waals surface area contributed by atoms with Crippen molar-refractivity contribution in [2.75, 3.05) is 49.2 Å². The summed E-state index contributed by atoms with van der Waals surface area (Å²) in [5, 5.41) is 1.28. The number of aromatic nitrogens is 3. The first kappa shape index (κ1) is 20.9. The zero-order valence-electron chi connectivity index (χ0n) is 19.2. The van der Waals surface area contributed by atoms with Gasteiger partial charge in [-0.25, -0.2) is 15.0 Å². The van der Waals surface area contributed by atoms with E-state index in [4.69, 9.17) is 19.7 Å². The standard InChI is InChI=1S/C24H31N5OS2/c1-15-4-6-28(7-5-15)22-20-19(25-14-26-22)18-16-12-24(2,3)31-13-17(16)21(27-23(18)32-20)29-8-10-30-11-9-29/h14-15H,4-13H2,1-3H3. The van der Waals surface area contributed by atoms with E-state index in [0.717, 1.165) is 73.6 Å². The van der Waals surface area contributed by atoms with Crippen molar-refractivity contribution < 1.29 is 4.74 Å². The molecule has 6 nitrogen and oxygen atoms in total. The highest BCUT2D eigenvalue weighted by Gasteiger charge is 2.33. The van der Waals surface area contributed by atoms with E-state index in [2.05, 4.69) is 30.6 Å². The fourth-order valence-electron chi connectivity index (χ4n) is 5.26. The van der Waals surface area contributed by atoms with Crippen LogP contribution in [0, 0.1) is 5.92 Å². The van der Waals surface area contributed by atoms with Gasteiger partial charge in [-0.15, -0.1) is 11.3 Å². The van der Waals surface area contributed by atoms with Gasteiger partial charge >= 0.3 is 0 Å². The molecule has 3 aliphatic heterocycles. The molecule has 0 radical (unpaired) electrons. The van der Waals surface area contributed by atoms with Gasteiger partial charge in [0, 0.05) is 47.6 Å². The van der Waals surface area contributed by atoms with Crippen LogP contribution in [0.4, 0.5) is 11.6 Å². The maximum atomic E-state index is 5.63. The molecule has 0 amide bonds. The highest BCUT2D eigenvalue weighted by atomic mass is 32.2. The van der Waals surface area contributed by atoms with Crippen LogP contribution in [-0.4, -0.2) is 59.1 Å². The Morgan fingerprint density at radius 3 is 2.53 bits per heavy atom. The van der Waals surface area contributed by atoms with Crippen LogP contribution in [0.25, 0.3) is 20.4 Å². The second-order valence-corrected chi connectivity index (χ2v) is 12.7. The molecule has 0 bridgehead atoms. The third-order valence-corrected chi connectivity index (χ3v) is 9.61. The Balaban J connectivity index is 1.55. The lowest BCUT2D eigenvalue weighted by Crippen LogP contribution is -2.38. The lowest BCUT2D eigenvalue weighted by atomic mass is 9.94. The Hall–Kier alpha value is -1.64. The van der Waals surface area contributed by atoms with Gasteiger partial charge in [0.05, 0.1) is 23.4 Å².